The van der Waals surface area contributed by atoms with Gasteiger partial charge in [-0.05, 0) is 30.5 Å². The lowest BCUT2D eigenvalue weighted by molar-refractivity contribution is -0.120. The van der Waals surface area contributed by atoms with E-state index in [2.05, 4.69) is 15.6 Å². The standard InChI is InChI=1S/C16H23FN4O2/c17-13-5-3-12(4-6-13)10-15(22)19-7-8-20-16(18)21-11-14-2-1-9-23-14/h3-6,14H,1-2,7-11H2,(H,19,22)(H3,18,20,21). The van der Waals surface area contributed by atoms with Crippen LogP contribution in [0, 0.1) is 5.82 Å². The van der Waals surface area contributed by atoms with Crippen LogP contribution in [0.25, 0.3) is 0 Å². The van der Waals surface area contributed by atoms with Crippen molar-refractivity contribution in [2.75, 3.05) is 26.2 Å². The number of nitrogens with zero attached hydrogens (tertiary/aromatic N) is 1. The van der Waals surface area contributed by atoms with E-state index in [1.54, 1.807) is 12.1 Å². The lowest BCUT2D eigenvalue weighted by Gasteiger charge is -2.09. The van der Waals surface area contributed by atoms with Crippen molar-refractivity contribution in [2.24, 2.45) is 10.7 Å². The molecule has 0 aromatic heterocycles. The number of hydrogen-bond donors (Lipinski definition) is 3. The first-order chi connectivity index (χ1) is 11.1. The van der Waals surface area contributed by atoms with Gasteiger partial charge in [0.05, 0.1) is 19.1 Å². The Hall–Kier alpha value is -2.15. The molecule has 0 saturated carbocycles. The predicted octanol–water partition coefficient (Wildman–Crippen LogP) is 0.568. The van der Waals surface area contributed by atoms with Gasteiger partial charge in [-0.1, -0.05) is 12.1 Å². The monoisotopic (exact) mass is 322 g/mol. The van der Waals surface area contributed by atoms with Gasteiger partial charge in [0.2, 0.25) is 5.91 Å². The molecule has 1 aromatic carbocycles. The summed E-state index contributed by atoms with van der Waals surface area (Å²) in [7, 11) is 0. The topological polar surface area (TPSA) is 88.7 Å². The van der Waals surface area contributed by atoms with Crippen molar-refractivity contribution in [3.8, 4) is 0 Å². The second kappa shape index (κ2) is 9.09. The maximum absolute atomic E-state index is 12.8. The summed E-state index contributed by atoms with van der Waals surface area (Å²) in [5.74, 6) is -0.0716. The molecule has 2 rings (SSSR count). The fourth-order valence-corrected chi connectivity index (χ4v) is 2.29. The van der Waals surface area contributed by atoms with Crippen LogP contribution < -0.4 is 16.4 Å². The van der Waals surface area contributed by atoms with E-state index in [9.17, 15) is 9.18 Å². The number of amides is 1. The fourth-order valence-electron chi connectivity index (χ4n) is 2.29. The van der Waals surface area contributed by atoms with Gasteiger partial charge in [-0.25, -0.2) is 4.39 Å². The molecule has 0 spiro atoms. The van der Waals surface area contributed by atoms with Crippen LogP contribution in [0.15, 0.2) is 29.3 Å². The van der Waals surface area contributed by atoms with E-state index < -0.39 is 0 Å². The van der Waals surface area contributed by atoms with Crippen LogP contribution in [0.1, 0.15) is 18.4 Å². The van der Waals surface area contributed by atoms with Crippen LogP contribution in [-0.2, 0) is 16.0 Å². The zero-order chi connectivity index (χ0) is 16.5. The third-order valence-electron chi connectivity index (χ3n) is 3.52. The zero-order valence-corrected chi connectivity index (χ0v) is 13.1. The summed E-state index contributed by atoms with van der Waals surface area (Å²) in [4.78, 5) is 15.9. The summed E-state index contributed by atoms with van der Waals surface area (Å²) in [5.41, 5.74) is 6.51. The summed E-state index contributed by atoms with van der Waals surface area (Å²) < 4.78 is 18.2. The molecule has 1 amide bonds. The van der Waals surface area contributed by atoms with Crippen molar-refractivity contribution < 1.29 is 13.9 Å². The molecule has 1 atom stereocenters. The van der Waals surface area contributed by atoms with Crippen LogP contribution in [-0.4, -0.2) is 44.2 Å². The number of benzene rings is 1. The fraction of sp³-hybridized carbons (Fsp3) is 0.500. The maximum Gasteiger partial charge on any atom is 0.224 e. The highest BCUT2D eigenvalue weighted by Gasteiger charge is 2.14. The SMILES string of the molecule is NC(=NCC1CCCO1)NCCNC(=O)Cc1ccc(F)cc1. The molecule has 1 saturated heterocycles. The first-order valence-corrected chi connectivity index (χ1v) is 7.80. The summed E-state index contributed by atoms with van der Waals surface area (Å²) >= 11 is 0. The molecule has 7 heteroatoms. The molecule has 1 unspecified atom stereocenters. The Balaban J connectivity index is 1.57. The van der Waals surface area contributed by atoms with Gasteiger partial charge in [-0.2, -0.15) is 0 Å². The molecule has 6 nitrogen and oxygen atoms in total. The van der Waals surface area contributed by atoms with Crippen LogP contribution >= 0.6 is 0 Å². The van der Waals surface area contributed by atoms with Gasteiger partial charge >= 0.3 is 0 Å². The Morgan fingerprint density at radius 1 is 1.30 bits per heavy atom. The van der Waals surface area contributed by atoms with Gasteiger partial charge in [-0.3, -0.25) is 9.79 Å². The number of carbonyl (C=O) groups excluding carboxylic acids is 1. The lowest BCUT2D eigenvalue weighted by Crippen LogP contribution is -2.39. The summed E-state index contributed by atoms with van der Waals surface area (Å²) in [5, 5.41) is 5.71. The number of nitrogens with one attached hydrogen (secondary N) is 2. The maximum atomic E-state index is 12.8. The summed E-state index contributed by atoms with van der Waals surface area (Å²) in [6, 6.07) is 5.89. The third-order valence-corrected chi connectivity index (χ3v) is 3.52. The summed E-state index contributed by atoms with van der Waals surface area (Å²) in [6.45, 7) is 2.30. The molecule has 1 heterocycles. The molecule has 1 aliphatic heterocycles. The van der Waals surface area contributed by atoms with Crippen molar-refractivity contribution in [3.05, 3.63) is 35.6 Å². The smallest absolute Gasteiger partial charge is 0.224 e. The predicted molar refractivity (Wildman–Crippen MR) is 86.6 cm³/mol. The van der Waals surface area contributed by atoms with Crippen molar-refractivity contribution in [2.45, 2.75) is 25.4 Å². The number of aliphatic imine (C=N–C) groups is 1. The largest absolute Gasteiger partial charge is 0.376 e. The Kier molecular flexibility index (Phi) is 6.80. The van der Waals surface area contributed by atoms with Gasteiger partial charge in [0, 0.05) is 19.7 Å². The lowest BCUT2D eigenvalue weighted by atomic mass is 10.1. The average Bonchev–Trinajstić information content (AvgIpc) is 3.05. The van der Waals surface area contributed by atoms with Crippen LogP contribution in [0.5, 0.6) is 0 Å². The molecule has 4 N–H and O–H groups in total. The number of hydrogen-bond acceptors (Lipinski definition) is 3. The molecule has 0 radical (unpaired) electrons. The van der Waals surface area contributed by atoms with Crippen LogP contribution in [0.2, 0.25) is 0 Å². The van der Waals surface area contributed by atoms with Gasteiger partial charge in [0.25, 0.3) is 0 Å². The molecule has 0 aliphatic carbocycles. The average molecular weight is 322 g/mol. The highest BCUT2D eigenvalue weighted by atomic mass is 19.1. The number of guanidine groups is 1. The Bertz CT molecular complexity index is 527. The number of rotatable bonds is 7. The summed E-state index contributed by atoms with van der Waals surface area (Å²) in [6.07, 6.45) is 2.50. The molecule has 1 fully saturated rings. The first-order valence-electron chi connectivity index (χ1n) is 7.80. The Morgan fingerprint density at radius 3 is 2.74 bits per heavy atom. The third kappa shape index (κ3) is 6.65. The number of halogens is 1. The molecule has 126 valence electrons. The Labute approximate surface area is 135 Å². The highest BCUT2D eigenvalue weighted by molar-refractivity contribution is 5.79. The van der Waals surface area contributed by atoms with Gasteiger partial charge in [-0.15, -0.1) is 0 Å². The van der Waals surface area contributed by atoms with E-state index in [-0.39, 0.29) is 24.2 Å². The molecule has 0 bridgehead atoms. The zero-order valence-electron chi connectivity index (χ0n) is 13.1. The van der Waals surface area contributed by atoms with E-state index in [0.29, 0.717) is 25.6 Å². The number of nitrogens with two attached hydrogens (primary N) is 1. The first kappa shape index (κ1) is 17.2. The van der Waals surface area contributed by atoms with E-state index >= 15 is 0 Å². The number of ether oxygens (including phenoxy) is 1. The van der Waals surface area contributed by atoms with Gasteiger partial charge < -0.3 is 21.1 Å². The van der Waals surface area contributed by atoms with Gasteiger partial charge in [0.15, 0.2) is 5.96 Å². The molecule has 1 aromatic rings. The van der Waals surface area contributed by atoms with Crippen molar-refractivity contribution >= 4 is 11.9 Å². The van der Waals surface area contributed by atoms with Crippen molar-refractivity contribution in [3.63, 3.8) is 0 Å². The second-order valence-electron chi connectivity index (χ2n) is 5.44. The molecule has 1 aliphatic rings. The Morgan fingerprint density at radius 2 is 2.04 bits per heavy atom. The van der Waals surface area contributed by atoms with E-state index in [1.807, 2.05) is 0 Å². The van der Waals surface area contributed by atoms with Crippen molar-refractivity contribution in [1.29, 1.82) is 0 Å². The van der Waals surface area contributed by atoms with Crippen LogP contribution in [0.4, 0.5) is 4.39 Å². The quantitative estimate of drug-likeness (QED) is 0.389. The number of carbonyl (C=O) groups is 1. The second-order valence-corrected chi connectivity index (χ2v) is 5.44. The minimum Gasteiger partial charge on any atom is -0.376 e. The van der Waals surface area contributed by atoms with E-state index in [0.717, 1.165) is 25.0 Å². The minimum absolute atomic E-state index is 0.117. The van der Waals surface area contributed by atoms with Crippen molar-refractivity contribution in [1.82, 2.24) is 10.6 Å². The molecular formula is C16H23FN4O2. The normalized spacial score (nSPS) is 18.0. The van der Waals surface area contributed by atoms with Crippen LogP contribution in [0.3, 0.4) is 0 Å². The minimum atomic E-state index is -0.309. The molecule has 23 heavy (non-hydrogen) atoms. The highest BCUT2D eigenvalue weighted by Crippen LogP contribution is 2.11. The van der Waals surface area contributed by atoms with E-state index in [4.69, 9.17) is 10.5 Å². The molecular weight excluding hydrogens is 299 g/mol. The van der Waals surface area contributed by atoms with E-state index in [1.165, 1.54) is 12.1 Å². The van der Waals surface area contributed by atoms with Gasteiger partial charge in [0.1, 0.15) is 5.82 Å².